The second-order valence-corrected chi connectivity index (χ2v) is 12.3. The summed E-state index contributed by atoms with van der Waals surface area (Å²) in [5.74, 6) is 0.909. The second-order valence-electron chi connectivity index (χ2n) is 11.3. The van der Waals surface area contributed by atoms with Crippen molar-refractivity contribution in [1.82, 2.24) is 14.4 Å². The lowest BCUT2D eigenvalue weighted by atomic mass is 9.90. The van der Waals surface area contributed by atoms with Gasteiger partial charge in [-0.3, -0.25) is 19.0 Å². The normalized spacial score (nSPS) is 16.6. The molecule has 0 bridgehead atoms. The van der Waals surface area contributed by atoms with E-state index < -0.39 is 6.04 Å². The maximum Gasteiger partial charge on any atom is 0.271 e. The van der Waals surface area contributed by atoms with Crippen molar-refractivity contribution in [2.45, 2.75) is 26.8 Å². The Hall–Kier alpha value is -4.74. The van der Waals surface area contributed by atoms with E-state index in [9.17, 15) is 14.4 Å². The Labute approximate surface area is 276 Å². The minimum absolute atomic E-state index is 0.0521. The molecule has 4 aromatic rings. The molecule has 244 valence electrons. The zero-order valence-corrected chi connectivity index (χ0v) is 27.8. The Morgan fingerprint density at radius 3 is 2.47 bits per heavy atom. The van der Waals surface area contributed by atoms with E-state index in [1.807, 2.05) is 75.4 Å². The number of fused-ring (bicyclic) bond motifs is 2. The number of morpholine rings is 1. The van der Waals surface area contributed by atoms with E-state index in [1.165, 1.54) is 11.3 Å². The van der Waals surface area contributed by atoms with Gasteiger partial charge in [0, 0.05) is 31.7 Å². The number of carbonyl (C=O) groups is 2. The van der Waals surface area contributed by atoms with Gasteiger partial charge in [0.2, 0.25) is 0 Å². The summed E-state index contributed by atoms with van der Waals surface area (Å²) in [5.41, 5.74) is 2.31. The van der Waals surface area contributed by atoms with Crippen LogP contribution in [0.5, 0.6) is 11.5 Å². The van der Waals surface area contributed by atoms with Gasteiger partial charge in [-0.15, -0.1) is 0 Å². The zero-order valence-electron chi connectivity index (χ0n) is 27.0. The van der Waals surface area contributed by atoms with Crippen LogP contribution in [0.2, 0.25) is 0 Å². The molecule has 47 heavy (non-hydrogen) atoms. The number of nitrogens with zero attached hydrogens (tertiary/aromatic N) is 4. The van der Waals surface area contributed by atoms with Crippen LogP contribution in [0.15, 0.2) is 81.7 Å². The van der Waals surface area contributed by atoms with Crippen LogP contribution in [-0.4, -0.2) is 79.3 Å². The fraction of sp³-hybridized carbons (Fsp3) is 0.333. The first-order chi connectivity index (χ1) is 22.8. The zero-order chi connectivity index (χ0) is 33.1. The summed E-state index contributed by atoms with van der Waals surface area (Å²) >= 11 is 1.28. The number of hydrogen-bond acceptors (Lipinski definition) is 8. The number of aromatic nitrogens is 1. The number of ether oxygens (including phenoxy) is 3. The molecule has 1 aromatic heterocycles. The molecule has 0 spiro atoms. The summed E-state index contributed by atoms with van der Waals surface area (Å²) in [6.07, 6.45) is 1.81. The SMILES string of the molecule is CCN(CC)C(=O)C1=C(C)N=c2s/c(=C\c3ccc(OCC(=O)N4CCOCC4)cc3)c(=O)n2[C@H]1c1c(OC)ccc2ccccc12. The minimum Gasteiger partial charge on any atom is -0.496 e. The molecule has 6 rings (SSSR count). The molecule has 2 amide bonds. The van der Waals surface area contributed by atoms with Crippen molar-refractivity contribution in [3.63, 3.8) is 0 Å². The van der Waals surface area contributed by atoms with Crippen molar-refractivity contribution in [1.29, 1.82) is 0 Å². The van der Waals surface area contributed by atoms with Gasteiger partial charge in [-0.2, -0.15) is 0 Å². The molecular weight excluding hydrogens is 616 g/mol. The molecule has 0 radical (unpaired) electrons. The summed E-state index contributed by atoms with van der Waals surface area (Å²) in [5, 5.41) is 1.87. The van der Waals surface area contributed by atoms with Gasteiger partial charge in [0.05, 0.1) is 36.1 Å². The number of benzene rings is 3. The highest BCUT2D eigenvalue weighted by Crippen LogP contribution is 2.40. The Morgan fingerprint density at radius 2 is 1.77 bits per heavy atom. The Kier molecular flexibility index (Phi) is 9.55. The molecule has 1 fully saturated rings. The van der Waals surface area contributed by atoms with Gasteiger partial charge in [0.25, 0.3) is 17.4 Å². The molecule has 3 aromatic carbocycles. The van der Waals surface area contributed by atoms with E-state index in [1.54, 1.807) is 33.6 Å². The van der Waals surface area contributed by atoms with Crippen LogP contribution in [0.4, 0.5) is 0 Å². The largest absolute Gasteiger partial charge is 0.496 e. The molecule has 0 aliphatic carbocycles. The van der Waals surface area contributed by atoms with E-state index in [4.69, 9.17) is 19.2 Å². The summed E-state index contributed by atoms with van der Waals surface area (Å²) in [6, 6.07) is 18.3. The van der Waals surface area contributed by atoms with Crippen LogP contribution in [0.1, 0.15) is 37.9 Å². The van der Waals surface area contributed by atoms with Gasteiger partial charge >= 0.3 is 0 Å². The van der Waals surface area contributed by atoms with Crippen molar-refractivity contribution in [3.8, 4) is 11.5 Å². The van der Waals surface area contributed by atoms with Gasteiger partial charge in [-0.25, -0.2) is 4.99 Å². The number of carbonyl (C=O) groups excluding carboxylic acids is 2. The fourth-order valence-electron chi connectivity index (χ4n) is 6.15. The van der Waals surface area contributed by atoms with E-state index in [0.29, 0.717) is 71.5 Å². The monoisotopic (exact) mass is 654 g/mol. The van der Waals surface area contributed by atoms with Gasteiger partial charge in [0.15, 0.2) is 11.4 Å². The summed E-state index contributed by atoms with van der Waals surface area (Å²) in [4.78, 5) is 49.8. The maximum atomic E-state index is 14.3. The van der Waals surface area contributed by atoms with Crippen molar-refractivity contribution in [3.05, 3.63) is 103 Å². The third-order valence-corrected chi connectivity index (χ3v) is 9.61. The van der Waals surface area contributed by atoms with Crippen LogP contribution in [0.3, 0.4) is 0 Å². The second kappa shape index (κ2) is 13.9. The molecular formula is C36H38N4O6S. The van der Waals surface area contributed by atoms with E-state index in [-0.39, 0.29) is 24.0 Å². The van der Waals surface area contributed by atoms with Crippen LogP contribution < -0.4 is 24.4 Å². The number of rotatable bonds is 9. The number of amides is 2. The topological polar surface area (TPSA) is 103 Å². The lowest BCUT2D eigenvalue weighted by Gasteiger charge is -2.30. The van der Waals surface area contributed by atoms with E-state index in [0.717, 1.165) is 21.9 Å². The minimum atomic E-state index is -0.748. The number of likely N-dealkylation sites (N-methyl/N-ethyl adjacent to an activating group) is 1. The van der Waals surface area contributed by atoms with Crippen LogP contribution >= 0.6 is 11.3 Å². The predicted molar refractivity (Wildman–Crippen MR) is 182 cm³/mol. The number of hydrogen-bond donors (Lipinski definition) is 0. The third kappa shape index (κ3) is 6.33. The molecule has 2 aliphatic heterocycles. The number of allylic oxidation sites excluding steroid dienone is 1. The molecule has 0 saturated carbocycles. The average molecular weight is 655 g/mol. The van der Waals surface area contributed by atoms with Crippen LogP contribution in [0, 0.1) is 0 Å². The van der Waals surface area contributed by atoms with Gasteiger partial charge in [-0.05, 0) is 61.4 Å². The van der Waals surface area contributed by atoms with Crippen molar-refractivity contribution in [2.75, 3.05) is 53.1 Å². The fourth-order valence-corrected chi connectivity index (χ4v) is 7.19. The molecule has 0 N–H and O–H groups in total. The molecule has 0 unspecified atom stereocenters. The maximum absolute atomic E-state index is 14.3. The number of methoxy groups -OCH3 is 1. The van der Waals surface area contributed by atoms with Crippen LogP contribution in [-0.2, 0) is 14.3 Å². The summed E-state index contributed by atoms with van der Waals surface area (Å²) in [7, 11) is 1.60. The van der Waals surface area contributed by atoms with E-state index in [2.05, 4.69) is 0 Å². The highest BCUT2D eigenvalue weighted by molar-refractivity contribution is 7.07. The standard InChI is InChI=1S/C36H38N4O6S/c1-5-38(6-2)35(43)31-23(3)37-36-40(33(31)32-27-10-8-7-9-25(27)13-16-28(32)44-4)34(42)29(47-36)21-24-11-14-26(15-12-24)46-22-30(41)39-17-19-45-20-18-39/h7-16,21,33H,5-6,17-20,22H2,1-4H3/b29-21-/t33-/m1/s1. The molecule has 2 aliphatic rings. The third-order valence-electron chi connectivity index (χ3n) is 8.63. The predicted octanol–water partition coefficient (Wildman–Crippen LogP) is 3.50. The van der Waals surface area contributed by atoms with Crippen molar-refractivity contribution >= 4 is 40.0 Å². The van der Waals surface area contributed by atoms with Gasteiger partial charge < -0.3 is 24.0 Å². The smallest absolute Gasteiger partial charge is 0.271 e. The average Bonchev–Trinajstić information content (AvgIpc) is 3.40. The van der Waals surface area contributed by atoms with Gasteiger partial charge in [-0.1, -0.05) is 53.8 Å². The molecule has 1 atom stereocenters. The molecule has 3 heterocycles. The van der Waals surface area contributed by atoms with Gasteiger partial charge in [0.1, 0.15) is 17.5 Å². The first kappa shape index (κ1) is 32.2. The quantitative estimate of drug-likeness (QED) is 0.274. The first-order valence-electron chi connectivity index (χ1n) is 15.8. The Balaban J connectivity index is 1.41. The Bertz CT molecular complexity index is 2020. The van der Waals surface area contributed by atoms with Crippen molar-refractivity contribution < 1.29 is 23.8 Å². The molecule has 11 heteroatoms. The molecule has 1 saturated heterocycles. The summed E-state index contributed by atoms with van der Waals surface area (Å²) < 4.78 is 19.1. The summed E-state index contributed by atoms with van der Waals surface area (Å²) in [6.45, 7) is 8.92. The first-order valence-corrected chi connectivity index (χ1v) is 16.6. The van der Waals surface area contributed by atoms with E-state index >= 15 is 0 Å². The molecule has 10 nitrogen and oxygen atoms in total. The number of thiazole rings is 1. The lowest BCUT2D eigenvalue weighted by molar-refractivity contribution is -0.137. The van der Waals surface area contributed by atoms with Crippen LogP contribution in [0.25, 0.3) is 16.8 Å². The highest BCUT2D eigenvalue weighted by Gasteiger charge is 2.36. The highest BCUT2D eigenvalue weighted by atomic mass is 32.1. The van der Waals surface area contributed by atoms with Crippen molar-refractivity contribution in [2.24, 2.45) is 4.99 Å². The lowest BCUT2D eigenvalue weighted by Crippen LogP contribution is -2.43. The Morgan fingerprint density at radius 1 is 1.04 bits per heavy atom.